The molecule has 2 atom stereocenters. The minimum Gasteiger partial charge on any atom is -0.364 e. The Hall–Kier alpha value is -1.02. The van der Waals surface area contributed by atoms with Crippen molar-refractivity contribution in [3.63, 3.8) is 0 Å². The van der Waals surface area contributed by atoms with Crippen molar-refractivity contribution < 1.29 is 0 Å². The summed E-state index contributed by atoms with van der Waals surface area (Å²) in [5.41, 5.74) is 8.97. The van der Waals surface area contributed by atoms with E-state index in [9.17, 15) is 0 Å². The van der Waals surface area contributed by atoms with E-state index in [0.29, 0.717) is 18.0 Å². The first kappa shape index (κ1) is 13.4. The smallest absolute Gasteiger partial charge is 0.0443 e. The molecule has 0 bridgehead atoms. The van der Waals surface area contributed by atoms with E-state index in [2.05, 4.69) is 49.9 Å². The molecule has 0 amide bonds. The molecule has 18 heavy (non-hydrogen) atoms. The summed E-state index contributed by atoms with van der Waals surface area (Å²) in [5.74, 6) is 0.698. The topological polar surface area (TPSA) is 29.3 Å². The van der Waals surface area contributed by atoms with Crippen LogP contribution in [-0.2, 0) is 6.42 Å². The average Bonchev–Trinajstić information content (AvgIpc) is 2.72. The highest BCUT2D eigenvalue weighted by molar-refractivity contribution is 5.60. The van der Waals surface area contributed by atoms with Crippen LogP contribution in [0.4, 0.5) is 5.69 Å². The SMILES string of the molecule is CCC(CC)C(CN)N1c2ccccc2CC1C. The van der Waals surface area contributed by atoms with Crippen molar-refractivity contribution in [1.29, 1.82) is 0 Å². The van der Waals surface area contributed by atoms with E-state index in [4.69, 9.17) is 5.73 Å². The molecule has 0 saturated heterocycles. The number of anilines is 1. The second-order valence-corrected chi connectivity index (χ2v) is 5.47. The Kier molecular flexibility index (Phi) is 4.28. The van der Waals surface area contributed by atoms with Gasteiger partial charge in [0.1, 0.15) is 0 Å². The standard InChI is InChI=1S/C16H26N2/c1-4-13(5-2)16(11-17)18-12(3)10-14-8-6-7-9-15(14)18/h6-9,12-13,16H,4-5,10-11,17H2,1-3H3. The number of fused-ring (bicyclic) bond motifs is 1. The summed E-state index contributed by atoms with van der Waals surface area (Å²) < 4.78 is 0. The Morgan fingerprint density at radius 2 is 1.94 bits per heavy atom. The number of benzene rings is 1. The van der Waals surface area contributed by atoms with Crippen molar-refractivity contribution in [3.8, 4) is 0 Å². The lowest BCUT2D eigenvalue weighted by atomic mass is 9.92. The second kappa shape index (κ2) is 5.75. The monoisotopic (exact) mass is 246 g/mol. The molecular formula is C16H26N2. The third kappa shape index (κ3) is 2.26. The molecule has 2 unspecified atom stereocenters. The van der Waals surface area contributed by atoms with Crippen LogP contribution in [0.2, 0.25) is 0 Å². The maximum absolute atomic E-state index is 6.08. The zero-order chi connectivity index (χ0) is 13.1. The predicted octanol–water partition coefficient (Wildman–Crippen LogP) is 3.20. The molecule has 2 N–H and O–H groups in total. The van der Waals surface area contributed by atoms with Gasteiger partial charge >= 0.3 is 0 Å². The number of hydrogen-bond donors (Lipinski definition) is 1. The van der Waals surface area contributed by atoms with Crippen LogP contribution < -0.4 is 10.6 Å². The van der Waals surface area contributed by atoms with Crippen LogP contribution in [0.25, 0.3) is 0 Å². The number of nitrogens with zero attached hydrogens (tertiary/aromatic N) is 1. The van der Waals surface area contributed by atoms with Crippen LogP contribution in [0.1, 0.15) is 39.2 Å². The maximum atomic E-state index is 6.08. The number of nitrogens with two attached hydrogens (primary N) is 1. The van der Waals surface area contributed by atoms with Gasteiger partial charge in [-0.3, -0.25) is 0 Å². The molecular weight excluding hydrogens is 220 g/mol. The van der Waals surface area contributed by atoms with E-state index >= 15 is 0 Å². The fraction of sp³-hybridized carbons (Fsp3) is 0.625. The Morgan fingerprint density at radius 1 is 1.28 bits per heavy atom. The van der Waals surface area contributed by atoms with Crippen molar-refractivity contribution in [2.75, 3.05) is 11.4 Å². The fourth-order valence-electron chi connectivity index (χ4n) is 3.46. The van der Waals surface area contributed by atoms with Gasteiger partial charge in [-0.05, 0) is 30.9 Å². The highest BCUT2D eigenvalue weighted by Crippen LogP contribution is 2.36. The van der Waals surface area contributed by atoms with Gasteiger partial charge in [-0.25, -0.2) is 0 Å². The molecule has 1 heterocycles. The molecule has 2 rings (SSSR count). The van der Waals surface area contributed by atoms with Crippen molar-refractivity contribution in [2.45, 2.75) is 52.1 Å². The van der Waals surface area contributed by atoms with Crippen molar-refractivity contribution in [1.82, 2.24) is 0 Å². The first-order valence-electron chi connectivity index (χ1n) is 7.29. The molecule has 1 aromatic carbocycles. The van der Waals surface area contributed by atoms with Crippen molar-refractivity contribution in [3.05, 3.63) is 29.8 Å². The molecule has 1 aromatic rings. The quantitative estimate of drug-likeness (QED) is 0.864. The molecule has 2 heteroatoms. The van der Waals surface area contributed by atoms with Gasteiger partial charge in [0, 0.05) is 24.3 Å². The van der Waals surface area contributed by atoms with Crippen molar-refractivity contribution >= 4 is 5.69 Å². The summed E-state index contributed by atoms with van der Waals surface area (Å²) in [6.07, 6.45) is 3.58. The Labute approximate surface area is 111 Å². The van der Waals surface area contributed by atoms with E-state index < -0.39 is 0 Å². The summed E-state index contributed by atoms with van der Waals surface area (Å²) >= 11 is 0. The van der Waals surface area contributed by atoms with Gasteiger partial charge < -0.3 is 10.6 Å². The molecule has 1 aliphatic heterocycles. The van der Waals surface area contributed by atoms with Crippen LogP contribution >= 0.6 is 0 Å². The largest absolute Gasteiger partial charge is 0.364 e. The predicted molar refractivity (Wildman–Crippen MR) is 79.0 cm³/mol. The third-order valence-electron chi connectivity index (χ3n) is 4.45. The lowest BCUT2D eigenvalue weighted by molar-refractivity contribution is 0.365. The maximum Gasteiger partial charge on any atom is 0.0443 e. The molecule has 0 aliphatic carbocycles. The average molecular weight is 246 g/mol. The van der Waals surface area contributed by atoms with Crippen LogP contribution in [0.15, 0.2) is 24.3 Å². The summed E-state index contributed by atoms with van der Waals surface area (Å²) in [6, 6.07) is 9.86. The molecule has 0 radical (unpaired) electrons. The molecule has 0 spiro atoms. The second-order valence-electron chi connectivity index (χ2n) is 5.47. The normalized spacial score (nSPS) is 20.3. The zero-order valence-corrected chi connectivity index (χ0v) is 11.9. The van der Waals surface area contributed by atoms with E-state index in [1.807, 2.05) is 0 Å². The third-order valence-corrected chi connectivity index (χ3v) is 4.45. The summed E-state index contributed by atoms with van der Waals surface area (Å²) in [4.78, 5) is 2.58. The van der Waals surface area contributed by atoms with Gasteiger partial charge in [0.2, 0.25) is 0 Å². The van der Waals surface area contributed by atoms with E-state index in [1.54, 1.807) is 0 Å². The number of hydrogen-bond acceptors (Lipinski definition) is 2. The van der Waals surface area contributed by atoms with Gasteiger partial charge in [-0.15, -0.1) is 0 Å². The van der Waals surface area contributed by atoms with Crippen molar-refractivity contribution in [2.24, 2.45) is 11.7 Å². The Balaban J connectivity index is 2.31. The van der Waals surface area contributed by atoms with E-state index in [0.717, 1.165) is 13.0 Å². The molecule has 2 nitrogen and oxygen atoms in total. The molecule has 1 aliphatic rings. The molecule has 0 saturated carbocycles. The van der Waals surface area contributed by atoms with E-state index in [1.165, 1.54) is 24.1 Å². The van der Waals surface area contributed by atoms with E-state index in [-0.39, 0.29) is 0 Å². The lowest BCUT2D eigenvalue weighted by Crippen LogP contribution is -2.48. The highest BCUT2D eigenvalue weighted by Gasteiger charge is 2.33. The van der Waals surface area contributed by atoms with Crippen LogP contribution in [-0.4, -0.2) is 18.6 Å². The number of para-hydroxylation sites is 1. The number of rotatable bonds is 5. The summed E-state index contributed by atoms with van der Waals surface area (Å²) in [6.45, 7) is 7.64. The van der Waals surface area contributed by atoms with Gasteiger partial charge in [-0.1, -0.05) is 44.9 Å². The minimum absolute atomic E-state index is 0.485. The van der Waals surface area contributed by atoms with Gasteiger partial charge in [-0.2, -0.15) is 0 Å². The minimum atomic E-state index is 0.485. The van der Waals surface area contributed by atoms with Gasteiger partial charge in [0.05, 0.1) is 0 Å². The van der Waals surface area contributed by atoms with Gasteiger partial charge in [0.25, 0.3) is 0 Å². The lowest BCUT2D eigenvalue weighted by Gasteiger charge is -2.38. The fourth-order valence-corrected chi connectivity index (χ4v) is 3.46. The molecule has 0 fully saturated rings. The first-order chi connectivity index (χ1) is 8.72. The van der Waals surface area contributed by atoms with Crippen LogP contribution in [0, 0.1) is 5.92 Å². The Bertz CT molecular complexity index is 384. The van der Waals surface area contributed by atoms with Crippen LogP contribution in [0.3, 0.4) is 0 Å². The Morgan fingerprint density at radius 3 is 2.56 bits per heavy atom. The van der Waals surface area contributed by atoms with Crippen LogP contribution in [0.5, 0.6) is 0 Å². The highest BCUT2D eigenvalue weighted by atomic mass is 15.2. The van der Waals surface area contributed by atoms with Gasteiger partial charge in [0.15, 0.2) is 0 Å². The zero-order valence-electron chi connectivity index (χ0n) is 11.9. The summed E-state index contributed by atoms with van der Waals surface area (Å²) in [5, 5.41) is 0. The summed E-state index contributed by atoms with van der Waals surface area (Å²) in [7, 11) is 0. The first-order valence-corrected chi connectivity index (χ1v) is 7.29. The molecule has 100 valence electrons. The molecule has 0 aromatic heterocycles.